The summed E-state index contributed by atoms with van der Waals surface area (Å²) in [6.07, 6.45) is 3.27. The summed E-state index contributed by atoms with van der Waals surface area (Å²) in [7, 11) is -1.82. The molecule has 0 saturated carbocycles. The molecule has 1 heterocycles. The Balaban J connectivity index is 2.05. The molecular weight excluding hydrogens is 276 g/mol. The number of benzene rings is 1. The molecule has 0 amide bonds. The van der Waals surface area contributed by atoms with Crippen molar-refractivity contribution in [3.63, 3.8) is 0 Å². The fourth-order valence-corrected chi connectivity index (χ4v) is 2.94. The minimum absolute atomic E-state index is 0.0327. The third-order valence-corrected chi connectivity index (χ3v) is 4.79. The molecule has 0 bridgehead atoms. The summed E-state index contributed by atoms with van der Waals surface area (Å²) < 4.78 is 25.8. The number of sulfonamides is 1. The van der Waals surface area contributed by atoms with Gasteiger partial charge in [0.05, 0.1) is 12.3 Å². The highest BCUT2D eigenvalue weighted by molar-refractivity contribution is 7.88. The fourth-order valence-electron chi connectivity index (χ4n) is 1.79. The molecule has 6 nitrogen and oxygen atoms in total. The average molecular weight is 294 g/mol. The van der Waals surface area contributed by atoms with Crippen LogP contribution in [0.1, 0.15) is 17.0 Å². The van der Waals surface area contributed by atoms with Crippen molar-refractivity contribution in [2.45, 2.75) is 18.8 Å². The normalized spacial score (nSPS) is 11.9. The van der Waals surface area contributed by atoms with Crippen LogP contribution in [0, 0.1) is 0 Å². The first kappa shape index (κ1) is 14.7. The van der Waals surface area contributed by atoms with Crippen molar-refractivity contribution in [2.75, 3.05) is 7.05 Å². The van der Waals surface area contributed by atoms with Gasteiger partial charge in [0.15, 0.2) is 0 Å². The lowest BCUT2D eigenvalue weighted by Gasteiger charge is -2.16. The largest absolute Gasteiger partial charge is 0.347 e. The number of aromatic nitrogens is 2. The van der Waals surface area contributed by atoms with Crippen LogP contribution < -0.4 is 5.73 Å². The van der Waals surface area contributed by atoms with Crippen molar-refractivity contribution >= 4 is 10.0 Å². The molecule has 0 radical (unpaired) electrons. The highest BCUT2D eigenvalue weighted by Gasteiger charge is 2.19. The molecule has 0 aliphatic rings. The maximum atomic E-state index is 12.2. The van der Waals surface area contributed by atoms with Crippen molar-refractivity contribution in [3.05, 3.63) is 53.6 Å². The van der Waals surface area contributed by atoms with E-state index in [0.29, 0.717) is 12.4 Å². The van der Waals surface area contributed by atoms with E-state index in [1.807, 2.05) is 12.1 Å². The number of nitrogens with two attached hydrogens (primary N) is 1. The highest BCUT2D eigenvalue weighted by atomic mass is 32.2. The summed E-state index contributed by atoms with van der Waals surface area (Å²) in [4.78, 5) is 6.91. The summed E-state index contributed by atoms with van der Waals surface area (Å²) in [5.41, 5.74) is 7.24. The van der Waals surface area contributed by atoms with Crippen molar-refractivity contribution in [1.82, 2.24) is 14.3 Å². The lowest BCUT2D eigenvalue weighted by molar-refractivity contribution is 0.457. The van der Waals surface area contributed by atoms with E-state index < -0.39 is 10.0 Å². The molecule has 0 spiro atoms. The SMILES string of the molecule is CN(Cc1ncc[nH]1)S(=O)(=O)Cc1ccc(CN)cc1. The van der Waals surface area contributed by atoms with Crippen LogP contribution in [-0.2, 0) is 28.9 Å². The molecule has 108 valence electrons. The Hall–Kier alpha value is -1.70. The van der Waals surface area contributed by atoms with Crippen LogP contribution in [0.3, 0.4) is 0 Å². The second-order valence-electron chi connectivity index (χ2n) is 4.57. The summed E-state index contributed by atoms with van der Waals surface area (Å²) >= 11 is 0. The molecule has 2 rings (SSSR count). The molecule has 0 fully saturated rings. The maximum absolute atomic E-state index is 12.2. The van der Waals surface area contributed by atoms with Gasteiger partial charge in [0.25, 0.3) is 0 Å². The summed E-state index contributed by atoms with van der Waals surface area (Å²) in [5, 5.41) is 0. The number of hydrogen-bond donors (Lipinski definition) is 2. The topological polar surface area (TPSA) is 92.1 Å². The summed E-state index contributed by atoms with van der Waals surface area (Å²) in [5.74, 6) is 0.587. The predicted molar refractivity (Wildman–Crippen MR) is 77.0 cm³/mol. The van der Waals surface area contributed by atoms with Crippen molar-refractivity contribution < 1.29 is 8.42 Å². The Labute approximate surface area is 118 Å². The minimum atomic E-state index is -3.37. The molecule has 3 N–H and O–H groups in total. The van der Waals surface area contributed by atoms with E-state index in [1.165, 1.54) is 4.31 Å². The quantitative estimate of drug-likeness (QED) is 0.825. The van der Waals surface area contributed by atoms with Crippen LogP contribution in [0.15, 0.2) is 36.7 Å². The first-order valence-corrected chi connectivity index (χ1v) is 7.82. The molecular formula is C13H18N4O2S. The Kier molecular flexibility index (Phi) is 4.53. The molecule has 0 atom stereocenters. The zero-order valence-corrected chi connectivity index (χ0v) is 12.1. The number of nitrogens with one attached hydrogen (secondary N) is 1. The first-order valence-electron chi connectivity index (χ1n) is 6.21. The van der Waals surface area contributed by atoms with Gasteiger partial charge in [-0.15, -0.1) is 0 Å². The summed E-state index contributed by atoms with van der Waals surface area (Å²) in [6, 6.07) is 7.27. The zero-order chi connectivity index (χ0) is 14.6. The van der Waals surface area contributed by atoms with E-state index in [-0.39, 0.29) is 12.3 Å². The number of H-pyrrole nitrogens is 1. The van der Waals surface area contributed by atoms with Gasteiger partial charge in [-0.05, 0) is 11.1 Å². The molecule has 20 heavy (non-hydrogen) atoms. The smallest absolute Gasteiger partial charge is 0.218 e. The molecule has 1 aromatic heterocycles. The van der Waals surface area contributed by atoms with Crippen LogP contribution >= 0.6 is 0 Å². The molecule has 0 saturated heterocycles. The molecule has 0 aliphatic heterocycles. The second-order valence-corrected chi connectivity index (χ2v) is 6.64. The van der Waals surface area contributed by atoms with E-state index in [2.05, 4.69) is 9.97 Å². The molecule has 0 aliphatic carbocycles. The number of aromatic amines is 1. The van der Waals surface area contributed by atoms with E-state index in [9.17, 15) is 8.42 Å². The minimum Gasteiger partial charge on any atom is -0.347 e. The van der Waals surface area contributed by atoms with Crippen LogP contribution in [0.5, 0.6) is 0 Å². The third kappa shape index (κ3) is 3.66. The van der Waals surface area contributed by atoms with Crippen LogP contribution in [0.4, 0.5) is 0 Å². The van der Waals surface area contributed by atoms with E-state index >= 15 is 0 Å². The predicted octanol–water partition coefficient (Wildman–Crippen LogP) is 0.830. The highest BCUT2D eigenvalue weighted by Crippen LogP contribution is 2.12. The van der Waals surface area contributed by atoms with Gasteiger partial charge in [0.2, 0.25) is 10.0 Å². The van der Waals surface area contributed by atoms with Crippen molar-refractivity contribution in [1.29, 1.82) is 0 Å². The first-order chi connectivity index (χ1) is 9.51. The third-order valence-electron chi connectivity index (χ3n) is 3.01. The van der Waals surface area contributed by atoms with Gasteiger partial charge in [0.1, 0.15) is 5.82 Å². The standard InChI is InChI=1S/C13H18N4O2S/c1-17(9-13-15-6-7-16-13)20(18,19)10-12-4-2-11(8-14)3-5-12/h2-7H,8-10,14H2,1H3,(H,15,16). The Morgan fingerprint density at radius 3 is 2.45 bits per heavy atom. The molecule has 2 aromatic rings. The summed E-state index contributed by atoms with van der Waals surface area (Å²) in [6.45, 7) is 0.682. The van der Waals surface area contributed by atoms with E-state index in [4.69, 9.17) is 5.73 Å². The van der Waals surface area contributed by atoms with Gasteiger partial charge in [-0.2, -0.15) is 4.31 Å². The molecule has 1 aromatic carbocycles. The van der Waals surface area contributed by atoms with Crippen LogP contribution in [0.2, 0.25) is 0 Å². The van der Waals surface area contributed by atoms with Crippen molar-refractivity contribution in [3.8, 4) is 0 Å². The van der Waals surface area contributed by atoms with Gasteiger partial charge >= 0.3 is 0 Å². The van der Waals surface area contributed by atoms with Gasteiger partial charge in [-0.3, -0.25) is 0 Å². The Bertz CT molecular complexity index is 636. The van der Waals surface area contributed by atoms with Gasteiger partial charge in [-0.25, -0.2) is 13.4 Å². The Morgan fingerprint density at radius 1 is 1.25 bits per heavy atom. The van der Waals surface area contributed by atoms with Crippen molar-refractivity contribution in [2.24, 2.45) is 5.73 Å². The lowest BCUT2D eigenvalue weighted by atomic mass is 10.1. The number of nitrogens with zero attached hydrogens (tertiary/aromatic N) is 2. The van der Waals surface area contributed by atoms with Crippen LogP contribution in [-0.4, -0.2) is 29.7 Å². The number of hydrogen-bond acceptors (Lipinski definition) is 4. The average Bonchev–Trinajstić information content (AvgIpc) is 2.92. The number of rotatable bonds is 6. The van der Waals surface area contributed by atoms with Gasteiger partial charge in [-0.1, -0.05) is 24.3 Å². The molecule has 7 heteroatoms. The maximum Gasteiger partial charge on any atom is 0.218 e. The van der Waals surface area contributed by atoms with Gasteiger partial charge in [0, 0.05) is 26.0 Å². The lowest BCUT2D eigenvalue weighted by Crippen LogP contribution is -2.28. The van der Waals surface area contributed by atoms with E-state index in [1.54, 1.807) is 31.6 Å². The Morgan fingerprint density at radius 2 is 1.90 bits per heavy atom. The monoisotopic (exact) mass is 294 g/mol. The molecule has 0 unspecified atom stereocenters. The zero-order valence-electron chi connectivity index (χ0n) is 11.3. The van der Waals surface area contributed by atoms with Crippen LogP contribution in [0.25, 0.3) is 0 Å². The van der Waals surface area contributed by atoms with E-state index in [0.717, 1.165) is 11.1 Å². The second kappa shape index (κ2) is 6.17. The fraction of sp³-hybridized carbons (Fsp3) is 0.308. The number of imidazole rings is 1. The van der Waals surface area contributed by atoms with Gasteiger partial charge < -0.3 is 10.7 Å².